The molecule has 0 atom stereocenters. The van der Waals surface area contributed by atoms with Crippen LogP contribution in [0.25, 0.3) is 0 Å². The molecule has 0 unspecified atom stereocenters. The maximum absolute atomic E-state index is 10.8. The summed E-state index contributed by atoms with van der Waals surface area (Å²) >= 11 is 0. The van der Waals surface area contributed by atoms with Gasteiger partial charge in [0, 0.05) is 19.6 Å². The van der Waals surface area contributed by atoms with E-state index in [1.807, 2.05) is 0 Å². The van der Waals surface area contributed by atoms with Gasteiger partial charge < -0.3 is 15.4 Å². The molecule has 0 aliphatic rings. The first kappa shape index (κ1) is 13.2. The van der Waals surface area contributed by atoms with Crippen LogP contribution in [0.5, 0.6) is 0 Å². The topological polar surface area (TPSA) is 50.4 Å². The van der Waals surface area contributed by atoms with E-state index in [0.29, 0.717) is 13.2 Å². The van der Waals surface area contributed by atoms with E-state index in [1.54, 1.807) is 6.92 Å². The minimum Gasteiger partial charge on any atom is -0.450 e. The third kappa shape index (κ3) is 9.32. The lowest BCUT2D eigenvalue weighted by Crippen LogP contribution is -2.35. The van der Waals surface area contributed by atoms with Gasteiger partial charge in [0.15, 0.2) is 0 Å². The second-order valence-electron chi connectivity index (χ2n) is 4.38. The number of ether oxygens (including phenoxy) is 1. The van der Waals surface area contributed by atoms with E-state index in [9.17, 15) is 4.79 Å². The SMILES string of the molecule is CCOC(=O)NCCNCC(C)(C)C. The zero-order valence-electron chi connectivity index (χ0n) is 9.64. The second-order valence-corrected chi connectivity index (χ2v) is 4.38. The Bertz CT molecular complexity index is 164. The number of nitrogens with one attached hydrogen (secondary N) is 2. The lowest BCUT2D eigenvalue weighted by Gasteiger charge is -2.18. The van der Waals surface area contributed by atoms with E-state index in [1.165, 1.54) is 0 Å². The number of alkyl carbamates (subject to hydrolysis) is 1. The Hall–Kier alpha value is -0.770. The van der Waals surface area contributed by atoms with Crippen LogP contribution in [0.2, 0.25) is 0 Å². The molecule has 0 fully saturated rings. The monoisotopic (exact) mass is 202 g/mol. The smallest absolute Gasteiger partial charge is 0.407 e. The zero-order valence-corrected chi connectivity index (χ0v) is 9.64. The molecule has 84 valence electrons. The van der Waals surface area contributed by atoms with Crippen LogP contribution in [0.1, 0.15) is 27.7 Å². The Morgan fingerprint density at radius 2 is 1.93 bits per heavy atom. The highest BCUT2D eigenvalue weighted by Crippen LogP contribution is 2.09. The summed E-state index contributed by atoms with van der Waals surface area (Å²) in [6.45, 7) is 11.0. The number of hydrogen-bond donors (Lipinski definition) is 2. The van der Waals surface area contributed by atoms with Gasteiger partial charge in [-0.2, -0.15) is 0 Å². The molecule has 0 rings (SSSR count). The molecule has 4 heteroatoms. The molecule has 0 aromatic heterocycles. The Labute approximate surface area is 86.4 Å². The van der Waals surface area contributed by atoms with Crippen LogP contribution in [-0.4, -0.2) is 32.3 Å². The number of hydrogen-bond acceptors (Lipinski definition) is 3. The van der Waals surface area contributed by atoms with Crippen molar-refractivity contribution in [3.63, 3.8) is 0 Å². The molecule has 4 nitrogen and oxygen atoms in total. The molecular weight excluding hydrogens is 180 g/mol. The quantitative estimate of drug-likeness (QED) is 0.662. The van der Waals surface area contributed by atoms with Gasteiger partial charge in [0.25, 0.3) is 0 Å². The van der Waals surface area contributed by atoms with Crippen LogP contribution < -0.4 is 10.6 Å². The minimum atomic E-state index is -0.343. The highest BCUT2D eigenvalue weighted by Gasteiger charge is 2.08. The number of carbonyl (C=O) groups is 1. The predicted octanol–water partition coefficient (Wildman–Crippen LogP) is 1.37. The Kier molecular flexibility index (Phi) is 6.28. The Morgan fingerprint density at radius 1 is 1.29 bits per heavy atom. The van der Waals surface area contributed by atoms with Gasteiger partial charge in [-0.1, -0.05) is 20.8 Å². The van der Waals surface area contributed by atoms with E-state index in [2.05, 4.69) is 31.4 Å². The first-order chi connectivity index (χ1) is 6.45. The number of carbonyl (C=O) groups excluding carboxylic acids is 1. The molecule has 0 aromatic rings. The fourth-order valence-electron chi connectivity index (χ4n) is 0.898. The van der Waals surface area contributed by atoms with Crippen molar-refractivity contribution >= 4 is 6.09 Å². The highest BCUT2D eigenvalue weighted by molar-refractivity contribution is 5.66. The summed E-state index contributed by atoms with van der Waals surface area (Å²) in [7, 11) is 0. The fourth-order valence-corrected chi connectivity index (χ4v) is 0.898. The Balaban J connectivity index is 3.26. The van der Waals surface area contributed by atoms with Crippen LogP contribution in [-0.2, 0) is 4.74 Å². The maximum atomic E-state index is 10.8. The third-order valence-electron chi connectivity index (χ3n) is 1.50. The van der Waals surface area contributed by atoms with E-state index in [-0.39, 0.29) is 11.5 Å². The van der Waals surface area contributed by atoms with Crippen molar-refractivity contribution in [3.05, 3.63) is 0 Å². The molecule has 2 N–H and O–H groups in total. The standard InChI is InChI=1S/C10H22N2O2/c1-5-14-9(13)12-7-6-11-8-10(2,3)4/h11H,5-8H2,1-4H3,(H,12,13). The van der Waals surface area contributed by atoms with Crippen LogP contribution in [0.3, 0.4) is 0 Å². The van der Waals surface area contributed by atoms with E-state index >= 15 is 0 Å². The van der Waals surface area contributed by atoms with Gasteiger partial charge in [-0.05, 0) is 12.3 Å². The molecule has 0 aliphatic heterocycles. The van der Waals surface area contributed by atoms with Gasteiger partial charge in [-0.25, -0.2) is 4.79 Å². The van der Waals surface area contributed by atoms with Crippen molar-refractivity contribution in [2.75, 3.05) is 26.2 Å². The molecule has 0 bridgehead atoms. The fraction of sp³-hybridized carbons (Fsp3) is 0.900. The molecule has 0 saturated heterocycles. The van der Waals surface area contributed by atoms with E-state index < -0.39 is 0 Å². The van der Waals surface area contributed by atoms with Crippen molar-refractivity contribution in [2.24, 2.45) is 5.41 Å². The lowest BCUT2D eigenvalue weighted by atomic mass is 9.97. The van der Waals surface area contributed by atoms with Crippen molar-refractivity contribution in [3.8, 4) is 0 Å². The van der Waals surface area contributed by atoms with Crippen LogP contribution >= 0.6 is 0 Å². The van der Waals surface area contributed by atoms with E-state index in [4.69, 9.17) is 4.74 Å². The largest absolute Gasteiger partial charge is 0.450 e. The van der Waals surface area contributed by atoms with Gasteiger partial charge in [-0.15, -0.1) is 0 Å². The van der Waals surface area contributed by atoms with E-state index in [0.717, 1.165) is 13.1 Å². The number of rotatable bonds is 5. The van der Waals surface area contributed by atoms with Crippen LogP contribution in [0, 0.1) is 5.41 Å². The van der Waals surface area contributed by atoms with Crippen molar-refractivity contribution in [1.82, 2.24) is 10.6 Å². The summed E-state index contributed by atoms with van der Waals surface area (Å²) in [5.74, 6) is 0. The molecule has 0 aromatic carbocycles. The summed E-state index contributed by atoms with van der Waals surface area (Å²) in [5.41, 5.74) is 0.282. The predicted molar refractivity (Wildman–Crippen MR) is 57.3 cm³/mol. The molecule has 0 saturated carbocycles. The average molecular weight is 202 g/mol. The van der Waals surface area contributed by atoms with Crippen LogP contribution in [0.4, 0.5) is 4.79 Å². The molecule has 14 heavy (non-hydrogen) atoms. The van der Waals surface area contributed by atoms with Gasteiger partial charge >= 0.3 is 6.09 Å². The molecule has 0 heterocycles. The van der Waals surface area contributed by atoms with Crippen molar-refractivity contribution in [1.29, 1.82) is 0 Å². The summed E-state index contributed by atoms with van der Waals surface area (Å²) in [5, 5.41) is 5.90. The summed E-state index contributed by atoms with van der Waals surface area (Å²) in [4.78, 5) is 10.8. The van der Waals surface area contributed by atoms with Gasteiger partial charge in [0.1, 0.15) is 0 Å². The molecule has 0 radical (unpaired) electrons. The molecular formula is C10H22N2O2. The van der Waals surface area contributed by atoms with Gasteiger partial charge in [-0.3, -0.25) is 0 Å². The summed E-state index contributed by atoms with van der Waals surface area (Å²) in [6.07, 6.45) is -0.343. The first-order valence-electron chi connectivity index (χ1n) is 5.07. The maximum Gasteiger partial charge on any atom is 0.407 e. The third-order valence-corrected chi connectivity index (χ3v) is 1.50. The molecule has 0 spiro atoms. The van der Waals surface area contributed by atoms with Crippen molar-refractivity contribution < 1.29 is 9.53 Å². The van der Waals surface area contributed by atoms with Crippen molar-refractivity contribution in [2.45, 2.75) is 27.7 Å². The van der Waals surface area contributed by atoms with Gasteiger partial charge in [0.2, 0.25) is 0 Å². The second kappa shape index (κ2) is 6.65. The van der Waals surface area contributed by atoms with Gasteiger partial charge in [0.05, 0.1) is 6.61 Å². The lowest BCUT2D eigenvalue weighted by molar-refractivity contribution is 0.152. The Morgan fingerprint density at radius 3 is 2.43 bits per heavy atom. The van der Waals surface area contributed by atoms with Crippen LogP contribution in [0.15, 0.2) is 0 Å². The summed E-state index contributed by atoms with van der Waals surface area (Å²) in [6, 6.07) is 0. The normalized spacial score (nSPS) is 11.1. The minimum absolute atomic E-state index is 0.282. The highest BCUT2D eigenvalue weighted by atomic mass is 16.5. The first-order valence-corrected chi connectivity index (χ1v) is 5.07. The molecule has 1 amide bonds. The molecule has 0 aliphatic carbocycles. The average Bonchev–Trinajstić information content (AvgIpc) is 2.02. The number of amides is 1. The zero-order chi connectivity index (χ0) is 11.0. The summed E-state index contributed by atoms with van der Waals surface area (Å²) < 4.78 is 4.71.